The SMILES string of the molecule is C[C@@H]1O[C@@H](O[C@H]2[C@H](O)[C@H](O)O[C@@H](C)[C@H]2OS(=O)(=O)O)[C@@H](O)[C@H](O)[C@@H]1O. The maximum Gasteiger partial charge on any atom is 0.397 e. The van der Waals surface area contributed by atoms with Gasteiger partial charge in [-0.15, -0.1) is 0 Å². The van der Waals surface area contributed by atoms with E-state index in [0.717, 1.165) is 0 Å². The Morgan fingerprint density at radius 2 is 1.40 bits per heavy atom. The van der Waals surface area contributed by atoms with Crippen molar-refractivity contribution in [1.82, 2.24) is 0 Å². The van der Waals surface area contributed by atoms with Crippen molar-refractivity contribution in [1.29, 1.82) is 0 Å². The minimum absolute atomic E-state index is 0.955. The van der Waals surface area contributed by atoms with Crippen molar-refractivity contribution in [2.75, 3.05) is 0 Å². The van der Waals surface area contributed by atoms with Crippen LogP contribution in [-0.2, 0) is 28.8 Å². The predicted octanol–water partition coefficient (Wildman–Crippen LogP) is -3.51. The van der Waals surface area contributed by atoms with Crippen LogP contribution in [0.2, 0.25) is 0 Å². The lowest BCUT2D eigenvalue weighted by Gasteiger charge is -2.45. The highest BCUT2D eigenvalue weighted by Crippen LogP contribution is 2.30. The molecule has 2 heterocycles. The summed E-state index contributed by atoms with van der Waals surface area (Å²) in [5, 5.41) is 49.0. The van der Waals surface area contributed by atoms with Crippen LogP contribution in [0.4, 0.5) is 0 Å². The summed E-state index contributed by atoms with van der Waals surface area (Å²) in [6.45, 7) is 2.68. The zero-order valence-corrected chi connectivity index (χ0v) is 14.1. The van der Waals surface area contributed by atoms with Gasteiger partial charge in [-0.1, -0.05) is 0 Å². The van der Waals surface area contributed by atoms with E-state index >= 15 is 0 Å². The molecule has 2 aliphatic heterocycles. The van der Waals surface area contributed by atoms with Crippen LogP contribution < -0.4 is 0 Å². The van der Waals surface area contributed by atoms with Crippen LogP contribution in [0.1, 0.15) is 13.8 Å². The first-order chi connectivity index (χ1) is 11.4. The molecule has 25 heavy (non-hydrogen) atoms. The van der Waals surface area contributed by atoms with Gasteiger partial charge in [-0.25, -0.2) is 4.18 Å². The molecule has 0 aromatic rings. The van der Waals surface area contributed by atoms with Crippen molar-refractivity contribution in [3.63, 3.8) is 0 Å². The standard InChI is InChI=1S/C12H22O12S/c1-3-5(13)6(14)7(15)12(22-3)23-10-8(16)11(17)21-4(2)9(10)24-25(18,19)20/h3-17H,1-2H3,(H,18,19,20)/t3-,4-,5+,6+,7-,8-,9+,10-,11+,12-/m0/s1. The van der Waals surface area contributed by atoms with Gasteiger partial charge in [0.1, 0.15) is 36.6 Å². The first kappa shape index (κ1) is 20.9. The van der Waals surface area contributed by atoms with Gasteiger partial charge in [0.05, 0.1) is 12.2 Å². The molecule has 0 aliphatic carbocycles. The molecule has 0 unspecified atom stereocenters. The van der Waals surface area contributed by atoms with Crippen molar-refractivity contribution in [3.8, 4) is 0 Å². The lowest BCUT2D eigenvalue weighted by Crippen LogP contribution is -2.63. The summed E-state index contributed by atoms with van der Waals surface area (Å²) in [5.41, 5.74) is 0. The van der Waals surface area contributed by atoms with Gasteiger partial charge in [0.15, 0.2) is 12.6 Å². The summed E-state index contributed by atoms with van der Waals surface area (Å²) in [6.07, 6.45) is -15.2. The summed E-state index contributed by atoms with van der Waals surface area (Å²) >= 11 is 0. The van der Waals surface area contributed by atoms with E-state index in [2.05, 4.69) is 4.18 Å². The number of hydrogen-bond acceptors (Lipinski definition) is 11. The summed E-state index contributed by atoms with van der Waals surface area (Å²) < 4.78 is 50.7. The number of rotatable bonds is 4. The Kier molecular flexibility index (Phi) is 6.39. The molecule has 0 spiro atoms. The van der Waals surface area contributed by atoms with Crippen LogP contribution in [0.25, 0.3) is 0 Å². The Morgan fingerprint density at radius 1 is 0.800 bits per heavy atom. The van der Waals surface area contributed by atoms with Gasteiger partial charge in [-0.05, 0) is 13.8 Å². The molecule has 0 amide bonds. The van der Waals surface area contributed by atoms with Gasteiger partial charge >= 0.3 is 10.4 Å². The number of aliphatic hydroxyl groups excluding tert-OH is 5. The second kappa shape index (κ2) is 7.66. The van der Waals surface area contributed by atoms with Gasteiger partial charge in [0, 0.05) is 0 Å². The van der Waals surface area contributed by atoms with Crippen LogP contribution in [0.3, 0.4) is 0 Å². The first-order valence-electron chi connectivity index (χ1n) is 7.44. The largest absolute Gasteiger partial charge is 0.397 e. The number of ether oxygens (including phenoxy) is 3. The zero-order valence-electron chi connectivity index (χ0n) is 13.3. The van der Waals surface area contributed by atoms with Crippen molar-refractivity contribution in [3.05, 3.63) is 0 Å². The lowest BCUT2D eigenvalue weighted by atomic mass is 9.97. The third-order valence-corrected chi connectivity index (χ3v) is 4.57. The molecule has 2 rings (SSSR count). The number of hydrogen-bond donors (Lipinski definition) is 6. The van der Waals surface area contributed by atoms with Gasteiger partial charge in [-0.3, -0.25) is 4.55 Å². The molecule has 12 nitrogen and oxygen atoms in total. The molecule has 0 aromatic heterocycles. The maximum absolute atomic E-state index is 11.0. The summed E-state index contributed by atoms with van der Waals surface area (Å²) in [5.74, 6) is 0. The predicted molar refractivity (Wildman–Crippen MR) is 76.2 cm³/mol. The quantitative estimate of drug-likeness (QED) is 0.260. The second-order valence-corrected chi connectivity index (χ2v) is 7.04. The van der Waals surface area contributed by atoms with Crippen LogP contribution in [0.15, 0.2) is 0 Å². The summed E-state index contributed by atoms with van der Waals surface area (Å²) in [4.78, 5) is 0. The van der Waals surface area contributed by atoms with Gasteiger partial charge in [-0.2, -0.15) is 8.42 Å². The minimum atomic E-state index is -4.96. The molecule has 13 heteroatoms. The highest BCUT2D eigenvalue weighted by molar-refractivity contribution is 7.80. The average molecular weight is 390 g/mol. The molecular formula is C12H22O12S. The average Bonchev–Trinajstić information content (AvgIpc) is 2.50. The van der Waals surface area contributed by atoms with E-state index < -0.39 is 71.8 Å². The molecule has 148 valence electrons. The Hall–Kier alpha value is -0.450. The monoisotopic (exact) mass is 390 g/mol. The van der Waals surface area contributed by atoms with Crippen molar-refractivity contribution in [2.24, 2.45) is 0 Å². The fraction of sp³-hybridized carbons (Fsp3) is 1.00. The van der Waals surface area contributed by atoms with E-state index in [0.29, 0.717) is 0 Å². The smallest absolute Gasteiger partial charge is 0.388 e. The van der Waals surface area contributed by atoms with Crippen LogP contribution in [-0.4, -0.2) is 99.9 Å². The third-order valence-electron chi connectivity index (χ3n) is 4.10. The van der Waals surface area contributed by atoms with E-state index in [1.54, 1.807) is 0 Å². The zero-order chi connectivity index (χ0) is 19.1. The fourth-order valence-electron chi connectivity index (χ4n) is 2.71. The Bertz CT molecular complexity index is 554. The highest BCUT2D eigenvalue weighted by Gasteiger charge is 2.50. The number of aliphatic hydroxyl groups is 5. The molecule has 2 fully saturated rings. The second-order valence-electron chi connectivity index (χ2n) is 5.99. The van der Waals surface area contributed by atoms with Gasteiger partial charge < -0.3 is 39.7 Å². The van der Waals surface area contributed by atoms with E-state index in [1.165, 1.54) is 13.8 Å². The van der Waals surface area contributed by atoms with Crippen molar-refractivity contribution < 1.29 is 56.9 Å². The Balaban J connectivity index is 2.22. The molecule has 10 atom stereocenters. The molecular weight excluding hydrogens is 368 g/mol. The lowest BCUT2D eigenvalue weighted by molar-refractivity contribution is -0.347. The van der Waals surface area contributed by atoms with Gasteiger partial charge in [0.25, 0.3) is 0 Å². The molecule has 0 aromatic carbocycles. The van der Waals surface area contributed by atoms with E-state index in [9.17, 15) is 34.0 Å². The Morgan fingerprint density at radius 3 is 1.96 bits per heavy atom. The normalized spacial score (nSPS) is 49.1. The van der Waals surface area contributed by atoms with Crippen molar-refractivity contribution >= 4 is 10.4 Å². The van der Waals surface area contributed by atoms with Crippen LogP contribution in [0.5, 0.6) is 0 Å². The maximum atomic E-state index is 11.0. The van der Waals surface area contributed by atoms with Gasteiger partial charge in [0.2, 0.25) is 0 Å². The van der Waals surface area contributed by atoms with E-state index in [1.807, 2.05) is 0 Å². The molecule has 2 aliphatic rings. The molecule has 0 saturated carbocycles. The van der Waals surface area contributed by atoms with E-state index in [4.69, 9.17) is 18.8 Å². The minimum Gasteiger partial charge on any atom is -0.388 e. The molecule has 0 bridgehead atoms. The third kappa shape index (κ3) is 4.64. The molecule has 2 saturated heterocycles. The molecule has 0 radical (unpaired) electrons. The fourth-order valence-corrected chi connectivity index (χ4v) is 3.26. The van der Waals surface area contributed by atoms with E-state index in [-0.39, 0.29) is 0 Å². The topological polar surface area (TPSA) is 192 Å². The highest BCUT2D eigenvalue weighted by atomic mass is 32.3. The van der Waals surface area contributed by atoms with Crippen molar-refractivity contribution in [2.45, 2.75) is 75.3 Å². The molecule has 6 N–H and O–H groups in total. The summed E-state index contributed by atoms with van der Waals surface area (Å²) in [7, 11) is -4.96. The summed E-state index contributed by atoms with van der Waals surface area (Å²) in [6, 6.07) is 0. The van der Waals surface area contributed by atoms with Crippen LogP contribution in [0, 0.1) is 0 Å². The first-order valence-corrected chi connectivity index (χ1v) is 8.81. The van der Waals surface area contributed by atoms with Crippen LogP contribution >= 0.6 is 0 Å². The Labute approximate surface area is 143 Å².